The van der Waals surface area contributed by atoms with Gasteiger partial charge in [-0.15, -0.1) is 0 Å². The summed E-state index contributed by atoms with van der Waals surface area (Å²) < 4.78 is 0. The summed E-state index contributed by atoms with van der Waals surface area (Å²) in [5, 5.41) is 0. The Morgan fingerprint density at radius 1 is 1.29 bits per heavy atom. The van der Waals surface area contributed by atoms with Crippen LogP contribution in [-0.4, -0.2) is 11.3 Å². The minimum Gasteiger partial charge on any atom is -0.297 e. The molecule has 1 aliphatic carbocycles. The minimum absolute atomic E-state index is 0.0787. The third kappa shape index (κ3) is 1.70. The van der Waals surface area contributed by atoms with Crippen molar-refractivity contribution in [2.45, 2.75) is 31.2 Å². The first-order valence-corrected chi connectivity index (χ1v) is 5.03. The second kappa shape index (κ2) is 3.54. The van der Waals surface area contributed by atoms with Crippen LogP contribution in [0.1, 0.15) is 24.8 Å². The topological polar surface area (TPSA) is 40.9 Å². The quantitative estimate of drug-likeness (QED) is 0.715. The normalized spacial score (nSPS) is 18.6. The summed E-state index contributed by atoms with van der Waals surface area (Å²) >= 11 is 0. The van der Waals surface area contributed by atoms with Gasteiger partial charge in [0.25, 0.3) is 0 Å². The zero-order valence-corrected chi connectivity index (χ0v) is 8.12. The van der Waals surface area contributed by atoms with Crippen molar-refractivity contribution in [2.75, 3.05) is 0 Å². The van der Waals surface area contributed by atoms with Gasteiger partial charge >= 0.3 is 0 Å². The number of benzene rings is 1. The monoisotopic (exact) mass is 188 g/mol. The number of carbonyl (C=O) groups is 1. The number of rotatable bonds is 3. The van der Waals surface area contributed by atoms with Crippen molar-refractivity contribution in [1.82, 2.24) is 5.73 Å². The van der Waals surface area contributed by atoms with E-state index in [0.717, 1.165) is 24.8 Å². The standard InChI is InChI=1S/C12H14NO/c13-12(7-4-8-12)11(14)9-10-5-2-1-3-6-10/h1-3,5-6,13H,4,7-9H2. The summed E-state index contributed by atoms with van der Waals surface area (Å²) in [6.07, 6.45) is 2.95. The molecule has 0 unspecified atom stereocenters. The minimum atomic E-state index is -0.754. The molecule has 0 spiro atoms. The lowest BCUT2D eigenvalue weighted by molar-refractivity contribution is -0.126. The SMILES string of the molecule is [NH]C1(C(=O)Cc2ccccc2)CCC1. The molecule has 1 N–H and O–H groups in total. The molecule has 14 heavy (non-hydrogen) atoms. The zero-order valence-electron chi connectivity index (χ0n) is 8.12. The van der Waals surface area contributed by atoms with Gasteiger partial charge in [-0.1, -0.05) is 30.3 Å². The molecule has 1 saturated carbocycles. The van der Waals surface area contributed by atoms with Gasteiger partial charge in [-0.2, -0.15) is 0 Å². The second-order valence-electron chi connectivity index (χ2n) is 4.02. The van der Waals surface area contributed by atoms with E-state index in [-0.39, 0.29) is 5.78 Å². The smallest absolute Gasteiger partial charge is 0.158 e. The zero-order chi connectivity index (χ0) is 10.0. The van der Waals surface area contributed by atoms with Gasteiger partial charge in [0.2, 0.25) is 0 Å². The summed E-state index contributed by atoms with van der Waals surface area (Å²) in [6, 6.07) is 9.69. The molecule has 0 saturated heterocycles. The van der Waals surface area contributed by atoms with Gasteiger partial charge in [0.15, 0.2) is 5.78 Å². The summed E-state index contributed by atoms with van der Waals surface area (Å²) in [7, 11) is 0. The molecule has 1 aromatic rings. The predicted molar refractivity (Wildman–Crippen MR) is 54.8 cm³/mol. The number of hydrogen-bond acceptors (Lipinski definition) is 1. The van der Waals surface area contributed by atoms with E-state index in [2.05, 4.69) is 0 Å². The average molecular weight is 188 g/mol. The maximum absolute atomic E-state index is 11.7. The highest BCUT2D eigenvalue weighted by molar-refractivity contribution is 5.90. The third-order valence-corrected chi connectivity index (χ3v) is 2.95. The lowest BCUT2D eigenvalue weighted by Gasteiger charge is -2.35. The molecule has 2 rings (SSSR count). The van der Waals surface area contributed by atoms with Gasteiger partial charge in [-0.3, -0.25) is 4.79 Å². The third-order valence-electron chi connectivity index (χ3n) is 2.95. The second-order valence-corrected chi connectivity index (χ2v) is 4.02. The highest BCUT2D eigenvalue weighted by Gasteiger charge is 2.40. The van der Waals surface area contributed by atoms with Crippen molar-refractivity contribution in [1.29, 1.82) is 0 Å². The van der Waals surface area contributed by atoms with Crippen LogP contribution < -0.4 is 5.73 Å². The summed E-state index contributed by atoms with van der Waals surface area (Å²) in [5.74, 6) is 0.0787. The van der Waals surface area contributed by atoms with Crippen LogP contribution >= 0.6 is 0 Å². The van der Waals surface area contributed by atoms with Gasteiger partial charge in [0, 0.05) is 6.42 Å². The number of hydrogen-bond donors (Lipinski definition) is 0. The van der Waals surface area contributed by atoms with Crippen LogP contribution in [0.25, 0.3) is 0 Å². The summed E-state index contributed by atoms with van der Waals surface area (Å²) in [5.41, 5.74) is 8.14. The first kappa shape index (κ1) is 9.41. The van der Waals surface area contributed by atoms with Crippen LogP contribution in [0, 0.1) is 0 Å². The van der Waals surface area contributed by atoms with Gasteiger partial charge < -0.3 is 0 Å². The Balaban J connectivity index is 2.02. The first-order chi connectivity index (χ1) is 6.71. The average Bonchev–Trinajstić information content (AvgIpc) is 2.15. The number of nitrogens with one attached hydrogen (secondary N) is 1. The number of Topliss-reactive ketones (excluding diaryl/α,β-unsaturated/α-hetero) is 1. The van der Waals surface area contributed by atoms with Crippen molar-refractivity contribution in [3.05, 3.63) is 35.9 Å². The molecule has 0 aromatic heterocycles. The lowest BCUT2D eigenvalue weighted by atomic mass is 9.73. The van der Waals surface area contributed by atoms with Crippen LogP contribution in [0.5, 0.6) is 0 Å². The molecule has 1 fully saturated rings. The highest BCUT2D eigenvalue weighted by atomic mass is 16.1. The molecule has 0 atom stereocenters. The summed E-state index contributed by atoms with van der Waals surface area (Å²) in [4.78, 5) is 11.7. The van der Waals surface area contributed by atoms with E-state index < -0.39 is 5.54 Å². The summed E-state index contributed by atoms with van der Waals surface area (Å²) in [6.45, 7) is 0. The molecule has 2 nitrogen and oxygen atoms in total. The maximum atomic E-state index is 11.7. The molecule has 1 aromatic carbocycles. The largest absolute Gasteiger partial charge is 0.297 e. The Kier molecular flexibility index (Phi) is 2.38. The highest BCUT2D eigenvalue weighted by Crippen LogP contribution is 2.32. The molecule has 1 aliphatic rings. The lowest BCUT2D eigenvalue weighted by Crippen LogP contribution is -2.47. The molecular weight excluding hydrogens is 174 g/mol. The number of carbonyl (C=O) groups excluding carboxylic acids is 1. The van der Waals surface area contributed by atoms with Crippen molar-refractivity contribution < 1.29 is 4.79 Å². The van der Waals surface area contributed by atoms with E-state index in [0.29, 0.717) is 6.42 Å². The van der Waals surface area contributed by atoms with Crippen LogP contribution in [0.2, 0.25) is 0 Å². The Hall–Kier alpha value is -1.15. The Morgan fingerprint density at radius 2 is 1.93 bits per heavy atom. The van der Waals surface area contributed by atoms with Gasteiger partial charge in [0.1, 0.15) is 0 Å². The van der Waals surface area contributed by atoms with Crippen molar-refractivity contribution in [2.24, 2.45) is 0 Å². The van der Waals surface area contributed by atoms with E-state index in [9.17, 15) is 4.79 Å². The maximum Gasteiger partial charge on any atom is 0.158 e. The molecule has 2 heteroatoms. The Bertz CT molecular complexity index is 327. The van der Waals surface area contributed by atoms with Crippen molar-refractivity contribution >= 4 is 5.78 Å². The fourth-order valence-corrected chi connectivity index (χ4v) is 1.76. The molecule has 0 aliphatic heterocycles. The van der Waals surface area contributed by atoms with Crippen LogP contribution in [0.15, 0.2) is 30.3 Å². The van der Waals surface area contributed by atoms with Crippen molar-refractivity contribution in [3.8, 4) is 0 Å². The van der Waals surface area contributed by atoms with E-state index >= 15 is 0 Å². The number of ketones is 1. The van der Waals surface area contributed by atoms with E-state index in [4.69, 9.17) is 5.73 Å². The fourth-order valence-electron chi connectivity index (χ4n) is 1.76. The molecule has 73 valence electrons. The molecule has 0 heterocycles. The van der Waals surface area contributed by atoms with Crippen LogP contribution in [0.4, 0.5) is 0 Å². The van der Waals surface area contributed by atoms with Gasteiger partial charge in [-0.05, 0) is 24.8 Å². The Morgan fingerprint density at radius 3 is 2.43 bits per heavy atom. The molecule has 0 amide bonds. The van der Waals surface area contributed by atoms with Gasteiger partial charge in [0.05, 0.1) is 5.54 Å². The van der Waals surface area contributed by atoms with E-state index in [1.165, 1.54) is 0 Å². The van der Waals surface area contributed by atoms with Crippen LogP contribution in [-0.2, 0) is 11.2 Å². The van der Waals surface area contributed by atoms with Gasteiger partial charge in [-0.25, -0.2) is 5.73 Å². The predicted octanol–water partition coefficient (Wildman–Crippen LogP) is 2.00. The fraction of sp³-hybridized carbons (Fsp3) is 0.417. The molecule has 1 radical (unpaired) electrons. The molecule has 0 bridgehead atoms. The molecular formula is C12H14NO. The van der Waals surface area contributed by atoms with Crippen LogP contribution in [0.3, 0.4) is 0 Å². The van der Waals surface area contributed by atoms with E-state index in [1.807, 2.05) is 30.3 Å². The Labute approximate surface area is 84.1 Å². The van der Waals surface area contributed by atoms with Crippen molar-refractivity contribution in [3.63, 3.8) is 0 Å². The van der Waals surface area contributed by atoms with E-state index in [1.54, 1.807) is 0 Å². The first-order valence-electron chi connectivity index (χ1n) is 5.03.